The van der Waals surface area contributed by atoms with Gasteiger partial charge in [-0.15, -0.1) is 33.3 Å². The number of amides is 5. The minimum atomic E-state index is -1.62. The molecule has 2 aromatic rings. The minimum absolute atomic E-state index is 0.0407. The molecule has 45 heavy (non-hydrogen) atoms. The van der Waals surface area contributed by atoms with Gasteiger partial charge in [-0.2, -0.15) is 0 Å². The Morgan fingerprint density at radius 1 is 1.29 bits per heavy atom. The lowest BCUT2D eigenvalue weighted by Crippen LogP contribution is -2.74. The van der Waals surface area contributed by atoms with E-state index >= 15 is 0 Å². The number of aromatic nitrogens is 3. The van der Waals surface area contributed by atoms with Gasteiger partial charge in [0.25, 0.3) is 11.8 Å². The number of urea groups is 1. The summed E-state index contributed by atoms with van der Waals surface area (Å²) < 4.78 is 10.9. The van der Waals surface area contributed by atoms with Crippen molar-refractivity contribution in [3.63, 3.8) is 0 Å². The van der Waals surface area contributed by atoms with Gasteiger partial charge in [-0.05, 0) is 27.7 Å². The van der Waals surface area contributed by atoms with E-state index in [0.29, 0.717) is 9.91 Å². The second kappa shape index (κ2) is 12.8. The van der Waals surface area contributed by atoms with Crippen LogP contribution < -0.4 is 10.6 Å². The van der Waals surface area contributed by atoms with Crippen LogP contribution in [0.1, 0.15) is 31.5 Å². The van der Waals surface area contributed by atoms with E-state index in [9.17, 15) is 29.1 Å². The van der Waals surface area contributed by atoms with Crippen LogP contribution in [0.5, 0.6) is 0 Å². The maximum absolute atomic E-state index is 13.8. The molecule has 0 bridgehead atoms. The van der Waals surface area contributed by atoms with E-state index in [1.165, 1.54) is 40.2 Å². The van der Waals surface area contributed by atoms with Crippen LogP contribution in [-0.2, 0) is 19.1 Å². The highest BCUT2D eigenvalue weighted by Gasteiger charge is 2.59. The first-order valence-electron chi connectivity index (χ1n) is 13.2. The molecule has 17 nitrogen and oxygen atoms in total. The molecule has 5 amide bonds. The highest BCUT2D eigenvalue weighted by Crippen LogP contribution is 2.44. The summed E-state index contributed by atoms with van der Waals surface area (Å²) in [6.45, 7) is 7.12. The maximum atomic E-state index is 13.8. The van der Waals surface area contributed by atoms with Crippen LogP contribution in [0.15, 0.2) is 21.2 Å². The standard InChI is InChI=1S/C24H27N9O8S4/c1-10-29-30-22(45-10)44-8-11-7-42-18-14(16(35)32(18)17(11)40-23(38)39)33(31-6-5-26-20(31)36)15(34)13(25)12-9-43-19(27-12)28-21(37)41-24(2,3)4/h9,14,18,25H,5-8H2,1-4H3,(H,26,36)(H,38,39)(H,27,28,37)/t14?,18-/m0/s1. The second-order valence-electron chi connectivity index (χ2n) is 10.6. The molecular weight excluding hydrogens is 671 g/mol. The summed E-state index contributed by atoms with van der Waals surface area (Å²) in [4.78, 5) is 69.3. The van der Waals surface area contributed by atoms with Gasteiger partial charge in [0.15, 0.2) is 15.5 Å². The van der Waals surface area contributed by atoms with Crippen LogP contribution in [0.25, 0.3) is 0 Å². The van der Waals surface area contributed by atoms with Crippen molar-refractivity contribution in [2.75, 3.05) is 29.9 Å². The molecule has 240 valence electrons. The third-order valence-corrected chi connectivity index (χ3v) is 10.3. The Bertz CT molecular complexity index is 1600. The third-order valence-electron chi connectivity index (χ3n) is 6.17. The summed E-state index contributed by atoms with van der Waals surface area (Å²) in [5, 5.41) is 34.5. The molecule has 4 N–H and O–H groups in total. The zero-order chi connectivity index (χ0) is 32.6. The number of nitrogens with one attached hydrogen (secondary N) is 3. The maximum Gasteiger partial charge on any atom is 0.512 e. The van der Waals surface area contributed by atoms with Crippen molar-refractivity contribution in [3.8, 4) is 0 Å². The van der Waals surface area contributed by atoms with Gasteiger partial charge < -0.3 is 19.9 Å². The number of carbonyl (C=O) groups is 5. The summed E-state index contributed by atoms with van der Waals surface area (Å²) in [5.41, 5.74) is -0.953. The predicted octanol–water partition coefficient (Wildman–Crippen LogP) is 2.77. The van der Waals surface area contributed by atoms with Crippen molar-refractivity contribution in [2.45, 2.75) is 49.1 Å². The highest BCUT2D eigenvalue weighted by molar-refractivity contribution is 8.01. The largest absolute Gasteiger partial charge is 0.512 e. The second-order valence-corrected chi connectivity index (χ2v) is 14.9. The lowest BCUT2D eigenvalue weighted by molar-refractivity contribution is -0.170. The van der Waals surface area contributed by atoms with E-state index < -0.39 is 52.8 Å². The first kappa shape index (κ1) is 32.4. The predicted molar refractivity (Wildman–Crippen MR) is 164 cm³/mol. The zero-order valence-corrected chi connectivity index (χ0v) is 27.4. The number of thiazole rings is 1. The molecular formula is C24H27N9O8S4. The Morgan fingerprint density at radius 3 is 2.67 bits per heavy atom. The molecule has 0 aromatic carbocycles. The number of aryl methyl sites for hydroxylation is 1. The van der Waals surface area contributed by atoms with Gasteiger partial charge in [-0.25, -0.2) is 29.4 Å². The number of carbonyl (C=O) groups excluding carboxylic acids is 4. The van der Waals surface area contributed by atoms with Crippen molar-refractivity contribution in [1.82, 2.24) is 35.4 Å². The molecule has 3 aliphatic rings. The number of nitrogens with zero attached hydrogens (tertiary/aromatic N) is 6. The van der Waals surface area contributed by atoms with E-state index in [-0.39, 0.29) is 41.3 Å². The Balaban J connectivity index is 1.37. The van der Waals surface area contributed by atoms with Gasteiger partial charge >= 0.3 is 18.3 Å². The Hall–Kier alpha value is -3.95. The number of hydrazine groups is 1. The van der Waals surface area contributed by atoms with Crippen LogP contribution >= 0.6 is 46.2 Å². The number of β-lactam (4-membered cyclic amide) rings is 1. The number of hydrogen-bond acceptors (Lipinski definition) is 15. The Labute approximate surface area is 272 Å². The van der Waals surface area contributed by atoms with Crippen LogP contribution in [-0.4, -0.2) is 113 Å². The molecule has 5 rings (SSSR count). The molecule has 0 saturated carbocycles. The number of fused-ring (bicyclic) bond motifs is 1. The minimum Gasteiger partial charge on any atom is -0.449 e. The van der Waals surface area contributed by atoms with Gasteiger partial charge in [0.05, 0.1) is 6.54 Å². The van der Waals surface area contributed by atoms with Gasteiger partial charge in [0, 0.05) is 29.0 Å². The molecule has 0 aliphatic carbocycles. The summed E-state index contributed by atoms with van der Waals surface area (Å²) >= 11 is 4.91. The van der Waals surface area contributed by atoms with Crippen molar-refractivity contribution in [3.05, 3.63) is 27.5 Å². The molecule has 2 aromatic heterocycles. The van der Waals surface area contributed by atoms with Crippen LogP contribution in [0.4, 0.5) is 19.5 Å². The average Bonchev–Trinajstić information content (AvgIpc) is 3.70. The van der Waals surface area contributed by atoms with Crippen LogP contribution in [0.3, 0.4) is 0 Å². The molecule has 0 spiro atoms. The SMILES string of the molecule is Cc1nnc(SCC2=C(OC(=O)O)N3C(=O)C(N(C(=O)C(=N)c4csc(NC(=O)OC(C)(C)C)n4)N4CCNC4=O)[C@@H]3SC2)s1. The number of rotatable bonds is 9. The molecule has 2 saturated heterocycles. The molecule has 21 heteroatoms. The van der Waals surface area contributed by atoms with Gasteiger partial charge in [-0.3, -0.25) is 25.2 Å². The fraction of sp³-hybridized carbons (Fsp3) is 0.458. The van der Waals surface area contributed by atoms with E-state index in [1.807, 2.05) is 6.92 Å². The normalized spacial score (nSPS) is 19.5. The molecule has 2 fully saturated rings. The van der Waals surface area contributed by atoms with Crippen LogP contribution in [0, 0.1) is 12.3 Å². The molecule has 1 unspecified atom stereocenters. The van der Waals surface area contributed by atoms with Gasteiger partial charge in [0.1, 0.15) is 27.4 Å². The fourth-order valence-corrected chi connectivity index (χ4v) is 8.37. The third kappa shape index (κ3) is 6.99. The first-order chi connectivity index (χ1) is 21.2. The summed E-state index contributed by atoms with van der Waals surface area (Å²) in [6.07, 6.45) is -2.39. The van der Waals surface area contributed by atoms with E-state index in [0.717, 1.165) is 31.3 Å². The monoisotopic (exact) mass is 697 g/mol. The first-order valence-corrected chi connectivity index (χ1v) is 16.9. The lowest BCUT2D eigenvalue weighted by atomic mass is 10.0. The lowest BCUT2D eigenvalue weighted by Gasteiger charge is -2.53. The zero-order valence-electron chi connectivity index (χ0n) is 24.2. The van der Waals surface area contributed by atoms with Crippen molar-refractivity contribution in [1.29, 1.82) is 5.41 Å². The average molecular weight is 698 g/mol. The van der Waals surface area contributed by atoms with Crippen molar-refractivity contribution < 1.29 is 38.6 Å². The number of anilines is 1. The molecule has 5 heterocycles. The van der Waals surface area contributed by atoms with Crippen molar-refractivity contribution >= 4 is 87.1 Å². The van der Waals surface area contributed by atoms with Gasteiger partial charge in [0.2, 0.25) is 5.88 Å². The molecule has 3 aliphatic heterocycles. The number of carboxylic acid groups (broad SMARTS) is 1. The van der Waals surface area contributed by atoms with E-state index in [2.05, 4.69) is 25.8 Å². The van der Waals surface area contributed by atoms with Gasteiger partial charge in [-0.1, -0.05) is 23.1 Å². The number of thioether (sulfide) groups is 2. The smallest absolute Gasteiger partial charge is 0.449 e. The molecule has 2 atom stereocenters. The topological polar surface area (TPSA) is 220 Å². The molecule has 0 radical (unpaired) electrons. The van der Waals surface area contributed by atoms with Crippen molar-refractivity contribution in [2.24, 2.45) is 0 Å². The summed E-state index contributed by atoms with van der Waals surface area (Å²) in [5.74, 6) is -1.31. The highest BCUT2D eigenvalue weighted by atomic mass is 32.2. The Kier molecular flexibility index (Phi) is 9.23. The Morgan fingerprint density at radius 2 is 2.04 bits per heavy atom. The quantitative estimate of drug-likeness (QED) is 0.128. The van der Waals surface area contributed by atoms with E-state index in [4.69, 9.17) is 14.9 Å². The summed E-state index contributed by atoms with van der Waals surface area (Å²) in [6, 6.07) is -1.90. The fourth-order valence-electron chi connectivity index (χ4n) is 4.38. The number of hydrogen-bond donors (Lipinski definition) is 4. The summed E-state index contributed by atoms with van der Waals surface area (Å²) in [7, 11) is 0. The van der Waals surface area contributed by atoms with Crippen LogP contribution in [0.2, 0.25) is 0 Å². The van der Waals surface area contributed by atoms with E-state index in [1.54, 1.807) is 20.8 Å². The number of ether oxygens (including phenoxy) is 2.